The summed E-state index contributed by atoms with van der Waals surface area (Å²) < 4.78 is 5.31. The molecule has 1 aromatic heterocycles. The lowest BCUT2D eigenvalue weighted by atomic mass is 9.93. The van der Waals surface area contributed by atoms with Gasteiger partial charge in [0.05, 0.1) is 13.2 Å². The van der Waals surface area contributed by atoms with E-state index >= 15 is 0 Å². The van der Waals surface area contributed by atoms with Crippen molar-refractivity contribution in [1.82, 2.24) is 9.80 Å². The van der Waals surface area contributed by atoms with Gasteiger partial charge in [0.2, 0.25) is 11.8 Å². The van der Waals surface area contributed by atoms with Gasteiger partial charge in [-0.2, -0.15) is 0 Å². The fourth-order valence-electron chi connectivity index (χ4n) is 4.15. The van der Waals surface area contributed by atoms with Crippen LogP contribution >= 0.6 is 11.3 Å². The summed E-state index contributed by atoms with van der Waals surface area (Å²) in [7, 11) is 1.65. The van der Waals surface area contributed by atoms with Crippen LogP contribution in [0.1, 0.15) is 55.7 Å². The maximum absolute atomic E-state index is 13.6. The Bertz CT molecular complexity index is 925. The van der Waals surface area contributed by atoms with Crippen LogP contribution in [0, 0.1) is 5.92 Å². The first kappa shape index (κ1) is 20.9. The molecule has 1 unspecified atom stereocenters. The van der Waals surface area contributed by atoms with Crippen molar-refractivity contribution in [2.45, 2.75) is 51.6 Å². The van der Waals surface area contributed by atoms with Gasteiger partial charge in [-0.3, -0.25) is 9.59 Å². The molecule has 4 rings (SSSR count). The van der Waals surface area contributed by atoms with Gasteiger partial charge < -0.3 is 14.5 Å². The fraction of sp³-hybridized carbons (Fsp3) is 0.500. The molecule has 6 heteroatoms. The number of hydrogen-bond donors (Lipinski definition) is 0. The van der Waals surface area contributed by atoms with Crippen molar-refractivity contribution in [1.29, 1.82) is 0 Å². The molecule has 1 aromatic carbocycles. The molecule has 1 aliphatic carbocycles. The maximum atomic E-state index is 13.6. The van der Waals surface area contributed by atoms with Crippen LogP contribution in [-0.4, -0.2) is 47.4 Å². The molecular formula is C24H30N2O3S. The molecule has 0 saturated heterocycles. The highest BCUT2D eigenvalue weighted by Gasteiger charge is 2.40. The Morgan fingerprint density at radius 3 is 2.47 bits per heavy atom. The van der Waals surface area contributed by atoms with Gasteiger partial charge >= 0.3 is 0 Å². The number of thiophene rings is 1. The Morgan fingerprint density at radius 2 is 1.87 bits per heavy atom. The van der Waals surface area contributed by atoms with Gasteiger partial charge in [-0.15, -0.1) is 11.3 Å². The Kier molecular flexibility index (Phi) is 5.62. The van der Waals surface area contributed by atoms with E-state index in [2.05, 4.69) is 11.4 Å². The monoisotopic (exact) mass is 426 g/mol. The second-order valence-electron chi connectivity index (χ2n) is 9.18. The molecule has 5 nitrogen and oxygen atoms in total. The van der Waals surface area contributed by atoms with Crippen molar-refractivity contribution < 1.29 is 14.3 Å². The predicted octanol–water partition coefficient (Wildman–Crippen LogP) is 4.27. The third-order valence-electron chi connectivity index (χ3n) is 6.01. The van der Waals surface area contributed by atoms with Crippen LogP contribution in [0.25, 0.3) is 0 Å². The number of hydrogen-bond acceptors (Lipinski definition) is 4. The first-order valence-electron chi connectivity index (χ1n) is 10.6. The molecule has 160 valence electrons. The van der Waals surface area contributed by atoms with Crippen molar-refractivity contribution >= 4 is 23.2 Å². The molecule has 1 saturated carbocycles. The first-order valence-corrected chi connectivity index (χ1v) is 11.5. The molecule has 0 radical (unpaired) electrons. The van der Waals surface area contributed by atoms with Crippen LogP contribution in [0.2, 0.25) is 0 Å². The number of methoxy groups -OCH3 is 1. The molecule has 2 heterocycles. The minimum absolute atomic E-state index is 0.0107. The summed E-state index contributed by atoms with van der Waals surface area (Å²) in [6.45, 7) is 6.82. The van der Waals surface area contributed by atoms with Crippen molar-refractivity contribution in [3.8, 4) is 5.75 Å². The number of carbonyl (C=O) groups excluding carboxylic acids is 2. The lowest BCUT2D eigenvalue weighted by Crippen LogP contribution is -2.53. The molecule has 2 amide bonds. The van der Waals surface area contributed by atoms with Crippen molar-refractivity contribution in [3.05, 3.63) is 51.7 Å². The highest BCUT2D eigenvalue weighted by molar-refractivity contribution is 7.10. The van der Waals surface area contributed by atoms with Gasteiger partial charge in [-0.25, -0.2) is 0 Å². The van der Waals surface area contributed by atoms with E-state index in [1.54, 1.807) is 23.3 Å². The average Bonchev–Trinajstić information content (AvgIpc) is 3.47. The molecule has 1 aliphatic heterocycles. The minimum Gasteiger partial charge on any atom is -0.497 e. The van der Waals surface area contributed by atoms with Crippen molar-refractivity contribution in [2.75, 3.05) is 20.2 Å². The van der Waals surface area contributed by atoms with Crippen LogP contribution in [0.3, 0.4) is 0 Å². The van der Waals surface area contributed by atoms with Gasteiger partial charge in [0.25, 0.3) is 0 Å². The Balaban J connectivity index is 1.63. The SMILES string of the molecule is COc1ccc(C2c3ccsc3CCN2C(=O)CN(C(=O)C2CC2)C(C)(C)C)cc1. The molecule has 0 N–H and O–H groups in total. The lowest BCUT2D eigenvalue weighted by Gasteiger charge is -2.40. The fourth-order valence-corrected chi connectivity index (χ4v) is 5.06. The van der Waals surface area contributed by atoms with Crippen LogP contribution in [0.15, 0.2) is 35.7 Å². The van der Waals surface area contributed by atoms with E-state index in [1.807, 2.05) is 49.9 Å². The van der Waals surface area contributed by atoms with E-state index in [4.69, 9.17) is 4.74 Å². The molecule has 30 heavy (non-hydrogen) atoms. The van der Waals surface area contributed by atoms with Crippen LogP contribution < -0.4 is 4.74 Å². The number of ether oxygens (including phenoxy) is 1. The van der Waals surface area contributed by atoms with Gasteiger partial charge in [-0.1, -0.05) is 12.1 Å². The molecule has 2 aromatic rings. The molecule has 0 spiro atoms. The summed E-state index contributed by atoms with van der Waals surface area (Å²) in [5.74, 6) is 1.02. The number of carbonyl (C=O) groups is 2. The zero-order chi connectivity index (χ0) is 21.5. The number of rotatable bonds is 5. The molecule has 1 atom stereocenters. The normalized spacial score (nSPS) is 18.7. The predicted molar refractivity (Wildman–Crippen MR) is 119 cm³/mol. The second kappa shape index (κ2) is 8.06. The Morgan fingerprint density at radius 1 is 1.17 bits per heavy atom. The standard InChI is InChI=1S/C24H30N2O3S/c1-24(2,3)26(23(28)17-5-6-17)15-21(27)25-13-11-20-19(12-14-30-20)22(25)16-7-9-18(29-4)10-8-16/h7-10,12,14,17,22H,5-6,11,13,15H2,1-4H3. The molecule has 2 aliphatic rings. The van der Waals surface area contributed by atoms with Gasteiger partial charge in [0.1, 0.15) is 12.3 Å². The quantitative estimate of drug-likeness (QED) is 0.718. The molecule has 1 fully saturated rings. The highest BCUT2D eigenvalue weighted by Crippen LogP contribution is 2.39. The van der Waals surface area contributed by atoms with Crippen molar-refractivity contribution in [3.63, 3.8) is 0 Å². The number of fused-ring (bicyclic) bond motifs is 1. The third-order valence-corrected chi connectivity index (χ3v) is 7.01. The summed E-state index contributed by atoms with van der Waals surface area (Å²) in [6.07, 6.45) is 2.74. The van der Waals surface area contributed by atoms with Crippen molar-refractivity contribution in [2.24, 2.45) is 5.92 Å². The zero-order valence-electron chi connectivity index (χ0n) is 18.2. The van der Waals surface area contributed by atoms with E-state index in [0.717, 1.165) is 30.6 Å². The summed E-state index contributed by atoms with van der Waals surface area (Å²) in [6, 6.07) is 9.95. The maximum Gasteiger partial charge on any atom is 0.243 e. The average molecular weight is 427 g/mol. The second-order valence-corrected chi connectivity index (χ2v) is 10.2. The van der Waals surface area contributed by atoms with Crippen LogP contribution in [0.5, 0.6) is 5.75 Å². The first-order chi connectivity index (χ1) is 14.3. The Labute approximate surface area is 182 Å². The third kappa shape index (κ3) is 4.10. The summed E-state index contributed by atoms with van der Waals surface area (Å²) in [5.41, 5.74) is 1.88. The van der Waals surface area contributed by atoms with E-state index in [9.17, 15) is 9.59 Å². The van der Waals surface area contributed by atoms with Crippen LogP contribution in [0.4, 0.5) is 0 Å². The van der Waals surface area contributed by atoms with Gasteiger partial charge in [0, 0.05) is 22.9 Å². The van der Waals surface area contributed by atoms with Gasteiger partial charge in [-0.05, 0) is 74.7 Å². The summed E-state index contributed by atoms with van der Waals surface area (Å²) in [4.78, 5) is 31.5. The topological polar surface area (TPSA) is 49.9 Å². The smallest absolute Gasteiger partial charge is 0.243 e. The number of benzene rings is 1. The highest BCUT2D eigenvalue weighted by atomic mass is 32.1. The zero-order valence-corrected chi connectivity index (χ0v) is 19.0. The molecular weight excluding hydrogens is 396 g/mol. The van der Waals surface area contributed by atoms with E-state index in [-0.39, 0.29) is 35.9 Å². The summed E-state index contributed by atoms with van der Waals surface area (Å²) in [5, 5.41) is 2.10. The van der Waals surface area contributed by atoms with Crippen LogP contribution in [-0.2, 0) is 16.0 Å². The molecule has 0 bridgehead atoms. The minimum atomic E-state index is -0.381. The number of nitrogens with zero attached hydrogens (tertiary/aromatic N) is 2. The van der Waals surface area contributed by atoms with E-state index in [1.165, 1.54) is 10.4 Å². The Hall–Kier alpha value is -2.34. The van der Waals surface area contributed by atoms with E-state index < -0.39 is 0 Å². The number of amides is 2. The summed E-state index contributed by atoms with van der Waals surface area (Å²) >= 11 is 1.75. The van der Waals surface area contributed by atoms with E-state index in [0.29, 0.717) is 6.54 Å². The lowest BCUT2D eigenvalue weighted by molar-refractivity contribution is -0.146. The largest absolute Gasteiger partial charge is 0.497 e. The van der Waals surface area contributed by atoms with Gasteiger partial charge in [0.15, 0.2) is 0 Å².